The Morgan fingerprint density at radius 2 is 2.21 bits per heavy atom. The molecular formula is C19H22BrNO3. The Morgan fingerprint density at radius 1 is 1.38 bits per heavy atom. The molecule has 3 rings (SSSR count). The number of piperidine rings is 1. The zero-order valence-electron chi connectivity index (χ0n) is 13.8. The summed E-state index contributed by atoms with van der Waals surface area (Å²) in [5.74, 6) is 0.140. The fraction of sp³-hybridized carbons (Fsp3) is 0.421. The van der Waals surface area contributed by atoms with Crippen molar-refractivity contribution >= 4 is 32.7 Å². The summed E-state index contributed by atoms with van der Waals surface area (Å²) in [5, 5.41) is 12.5. The zero-order chi connectivity index (χ0) is 17.1. The van der Waals surface area contributed by atoms with Gasteiger partial charge in [0.2, 0.25) is 0 Å². The van der Waals surface area contributed by atoms with Crippen molar-refractivity contribution in [2.75, 3.05) is 19.7 Å². The summed E-state index contributed by atoms with van der Waals surface area (Å²) in [6.07, 6.45) is 1.85. The molecule has 0 spiro atoms. The smallest absolute Gasteiger partial charge is 0.310 e. The molecule has 0 saturated carbocycles. The van der Waals surface area contributed by atoms with E-state index in [4.69, 9.17) is 4.74 Å². The molecule has 1 aliphatic rings. The van der Waals surface area contributed by atoms with Gasteiger partial charge >= 0.3 is 5.97 Å². The average Bonchev–Trinajstić information content (AvgIpc) is 2.58. The third-order valence-electron chi connectivity index (χ3n) is 4.58. The number of ether oxygens (including phenoxy) is 1. The first-order chi connectivity index (χ1) is 11.6. The van der Waals surface area contributed by atoms with Crippen LogP contribution < -0.4 is 0 Å². The molecular weight excluding hydrogens is 370 g/mol. The molecule has 1 aliphatic heterocycles. The first-order valence-corrected chi connectivity index (χ1v) is 9.17. The molecule has 1 heterocycles. The lowest BCUT2D eigenvalue weighted by atomic mass is 9.96. The highest BCUT2D eigenvalue weighted by atomic mass is 79.9. The van der Waals surface area contributed by atoms with Crippen LogP contribution >= 0.6 is 15.9 Å². The van der Waals surface area contributed by atoms with Crippen LogP contribution in [0.25, 0.3) is 10.8 Å². The first-order valence-electron chi connectivity index (χ1n) is 8.37. The molecule has 1 N–H and O–H groups in total. The van der Waals surface area contributed by atoms with Gasteiger partial charge in [0.05, 0.1) is 12.5 Å². The maximum atomic E-state index is 12.0. The number of aromatic hydroxyl groups is 1. The van der Waals surface area contributed by atoms with Crippen molar-refractivity contribution in [3.05, 3.63) is 40.4 Å². The van der Waals surface area contributed by atoms with Gasteiger partial charge in [0.15, 0.2) is 0 Å². The van der Waals surface area contributed by atoms with Crippen LogP contribution in [0, 0.1) is 5.92 Å². The minimum absolute atomic E-state index is 0.0648. The molecule has 1 fully saturated rings. The van der Waals surface area contributed by atoms with E-state index in [0.717, 1.165) is 40.2 Å². The molecule has 24 heavy (non-hydrogen) atoms. The molecule has 4 nitrogen and oxygen atoms in total. The zero-order valence-corrected chi connectivity index (χ0v) is 15.4. The lowest BCUT2D eigenvalue weighted by Crippen LogP contribution is -2.39. The molecule has 0 radical (unpaired) electrons. The number of benzene rings is 2. The van der Waals surface area contributed by atoms with Crippen molar-refractivity contribution in [2.45, 2.75) is 26.3 Å². The summed E-state index contributed by atoms with van der Waals surface area (Å²) in [6, 6.07) is 9.74. The summed E-state index contributed by atoms with van der Waals surface area (Å²) in [5.41, 5.74) is 0.921. The van der Waals surface area contributed by atoms with Gasteiger partial charge in [-0.3, -0.25) is 9.69 Å². The summed E-state index contributed by atoms with van der Waals surface area (Å²) in [4.78, 5) is 14.2. The predicted octanol–water partition coefficient (Wildman–Crippen LogP) is 4.08. The summed E-state index contributed by atoms with van der Waals surface area (Å²) >= 11 is 3.49. The van der Waals surface area contributed by atoms with Crippen molar-refractivity contribution in [2.24, 2.45) is 5.92 Å². The van der Waals surface area contributed by atoms with E-state index < -0.39 is 0 Å². The quantitative estimate of drug-likeness (QED) is 0.797. The van der Waals surface area contributed by atoms with Crippen LogP contribution in [0.15, 0.2) is 34.8 Å². The molecule has 0 aliphatic carbocycles. The van der Waals surface area contributed by atoms with Crippen LogP contribution in [-0.4, -0.2) is 35.7 Å². The highest BCUT2D eigenvalue weighted by Gasteiger charge is 2.27. The third kappa shape index (κ3) is 3.73. The molecule has 0 amide bonds. The van der Waals surface area contributed by atoms with Gasteiger partial charge in [-0.2, -0.15) is 0 Å². The normalized spacial score (nSPS) is 18.7. The minimum atomic E-state index is -0.103. The van der Waals surface area contributed by atoms with E-state index in [0.29, 0.717) is 25.4 Å². The standard InChI is InChI=1S/C19H22BrNO3/c1-2-24-19(23)14-4-3-9-21(11-14)12-17-16-7-6-15(20)10-13(16)5-8-18(17)22/h5-8,10,14,22H,2-4,9,11-12H2,1H3/t14-/m0/s1. The van der Waals surface area contributed by atoms with Crippen LogP contribution in [0.1, 0.15) is 25.3 Å². The predicted molar refractivity (Wildman–Crippen MR) is 97.9 cm³/mol. The Kier molecular flexibility index (Phi) is 5.41. The van der Waals surface area contributed by atoms with Gasteiger partial charge in [0.25, 0.3) is 0 Å². The van der Waals surface area contributed by atoms with E-state index in [2.05, 4.69) is 26.9 Å². The number of fused-ring (bicyclic) bond motifs is 1. The molecule has 2 aromatic carbocycles. The lowest BCUT2D eigenvalue weighted by molar-refractivity contribution is -0.150. The van der Waals surface area contributed by atoms with Crippen LogP contribution in [0.2, 0.25) is 0 Å². The molecule has 5 heteroatoms. The van der Waals surface area contributed by atoms with Gasteiger partial charge in [-0.1, -0.05) is 28.1 Å². The van der Waals surface area contributed by atoms with E-state index in [1.54, 1.807) is 6.07 Å². The number of phenolic OH excluding ortho intramolecular Hbond substituents is 1. The van der Waals surface area contributed by atoms with E-state index >= 15 is 0 Å². The largest absolute Gasteiger partial charge is 0.508 e. The van der Waals surface area contributed by atoms with Crippen molar-refractivity contribution < 1.29 is 14.6 Å². The Morgan fingerprint density at radius 3 is 3.00 bits per heavy atom. The SMILES string of the molecule is CCOC(=O)[C@H]1CCCN(Cc2c(O)ccc3cc(Br)ccc23)C1. The van der Waals surface area contributed by atoms with Gasteiger partial charge in [-0.25, -0.2) is 0 Å². The monoisotopic (exact) mass is 391 g/mol. The maximum Gasteiger partial charge on any atom is 0.310 e. The van der Waals surface area contributed by atoms with Gasteiger partial charge in [-0.15, -0.1) is 0 Å². The number of likely N-dealkylation sites (tertiary alicyclic amines) is 1. The second-order valence-electron chi connectivity index (χ2n) is 6.26. The maximum absolute atomic E-state index is 12.0. The first kappa shape index (κ1) is 17.2. The fourth-order valence-electron chi connectivity index (χ4n) is 3.40. The Bertz CT molecular complexity index is 747. The number of hydrogen-bond acceptors (Lipinski definition) is 4. The summed E-state index contributed by atoms with van der Waals surface area (Å²) < 4.78 is 6.19. The molecule has 1 atom stereocenters. The Balaban J connectivity index is 1.81. The van der Waals surface area contributed by atoms with Crippen LogP contribution in [0.5, 0.6) is 5.75 Å². The summed E-state index contributed by atoms with van der Waals surface area (Å²) in [6.45, 7) is 4.52. The van der Waals surface area contributed by atoms with Crippen LogP contribution in [-0.2, 0) is 16.1 Å². The Hall–Kier alpha value is -1.59. The van der Waals surface area contributed by atoms with Crippen molar-refractivity contribution in [3.63, 3.8) is 0 Å². The van der Waals surface area contributed by atoms with E-state index in [9.17, 15) is 9.90 Å². The third-order valence-corrected chi connectivity index (χ3v) is 5.07. The second kappa shape index (κ2) is 7.53. The van der Waals surface area contributed by atoms with Crippen LogP contribution in [0.4, 0.5) is 0 Å². The van der Waals surface area contributed by atoms with Gasteiger partial charge in [-0.05, 0) is 55.3 Å². The number of carbonyl (C=O) groups excluding carboxylic acids is 1. The summed E-state index contributed by atoms with van der Waals surface area (Å²) in [7, 11) is 0. The van der Waals surface area contributed by atoms with E-state index in [1.165, 1.54) is 0 Å². The number of esters is 1. The number of nitrogens with zero attached hydrogens (tertiary/aromatic N) is 1. The fourth-order valence-corrected chi connectivity index (χ4v) is 3.77. The lowest BCUT2D eigenvalue weighted by Gasteiger charge is -2.31. The van der Waals surface area contributed by atoms with Gasteiger partial charge in [0.1, 0.15) is 5.75 Å². The van der Waals surface area contributed by atoms with Crippen molar-refractivity contribution in [1.29, 1.82) is 0 Å². The average molecular weight is 392 g/mol. The molecule has 128 valence electrons. The van der Waals surface area contributed by atoms with E-state index in [-0.39, 0.29) is 11.9 Å². The number of halogens is 1. The van der Waals surface area contributed by atoms with Crippen molar-refractivity contribution in [3.8, 4) is 5.75 Å². The highest BCUT2D eigenvalue weighted by molar-refractivity contribution is 9.10. The van der Waals surface area contributed by atoms with Gasteiger partial charge < -0.3 is 9.84 Å². The second-order valence-corrected chi connectivity index (χ2v) is 7.17. The Labute approximate surface area is 150 Å². The number of phenols is 1. The number of hydrogen-bond donors (Lipinski definition) is 1. The molecule has 0 aromatic heterocycles. The molecule has 0 bridgehead atoms. The molecule has 0 unspecified atom stereocenters. The van der Waals surface area contributed by atoms with Gasteiger partial charge in [0, 0.05) is 23.1 Å². The topological polar surface area (TPSA) is 49.8 Å². The molecule has 1 saturated heterocycles. The minimum Gasteiger partial charge on any atom is -0.508 e. The number of carbonyl (C=O) groups is 1. The highest BCUT2D eigenvalue weighted by Crippen LogP contribution is 2.31. The van der Waals surface area contributed by atoms with Crippen LogP contribution in [0.3, 0.4) is 0 Å². The van der Waals surface area contributed by atoms with E-state index in [1.807, 2.05) is 25.1 Å². The number of rotatable bonds is 4. The van der Waals surface area contributed by atoms with Crippen molar-refractivity contribution in [1.82, 2.24) is 4.90 Å². The molecule has 2 aromatic rings.